The van der Waals surface area contributed by atoms with Crippen LogP contribution in [0.25, 0.3) is 21.9 Å². The zero-order valence-electron chi connectivity index (χ0n) is 13.6. The topological polar surface area (TPSA) is 80.1 Å². The molecule has 0 N–H and O–H groups in total. The molecule has 0 bridgehead atoms. The third-order valence-corrected chi connectivity index (χ3v) is 4.39. The maximum absolute atomic E-state index is 11.0. The normalized spacial score (nSPS) is 11.4. The number of aromatic nitrogens is 1. The van der Waals surface area contributed by atoms with E-state index in [1.165, 1.54) is 6.20 Å². The van der Waals surface area contributed by atoms with Crippen LogP contribution in [0, 0.1) is 11.3 Å². The van der Waals surface area contributed by atoms with E-state index in [0.717, 1.165) is 33.7 Å². The van der Waals surface area contributed by atoms with Crippen LogP contribution in [0.15, 0.2) is 54.9 Å². The number of hydrogen-bond donors (Lipinski definition) is 0. The van der Waals surface area contributed by atoms with E-state index in [1.807, 2.05) is 42.5 Å². The lowest BCUT2D eigenvalue weighted by molar-refractivity contribution is 0.326. The van der Waals surface area contributed by atoms with Gasteiger partial charge in [-0.1, -0.05) is 30.3 Å². The summed E-state index contributed by atoms with van der Waals surface area (Å²) in [4.78, 5) is 4.09. The molecule has 0 amide bonds. The molecule has 25 heavy (non-hydrogen) atoms. The average Bonchev–Trinajstić information content (AvgIpc) is 2.60. The summed E-state index contributed by atoms with van der Waals surface area (Å²) in [5.74, 6) is 0. The van der Waals surface area contributed by atoms with Crippen molar-refractivity contribution in [1.29, 1.82) is 5.26 Å². The molecule has 0 saturated carbocycles. The Labute approximate surface area is 146 Å². The Morgan fingerprint density at radius 1 is 1.04 bits per heavy atom. The van der Waals surface area contributed by atoms with Crippen LogP contribution in [0.5, 0.6) is 0 Å². The third-order valence-electron chi connectivity index (χ3n) is 3.79. The second kappa shape index (κ2) is 7.01. The van der Waals surface area contributed by atoms with Crippen molar-refractivity contribution in [3.05, 3.63) is 66.0 Å². The number of pyridine rings is 1. The maximum Gasteiger partial charge on any atom is 0.264 e. The van der Waals surface area contributed by atoms with E-state index < -0.39 is 10.1 Å². The maximum atomic E-state index is 11.0. The van der Waals surface area contributed by atoms with E-state index in [4.69, 9.17) is 9.44 Å². The average molecular weight is 352 g/mol. The molecule has 0 fully saturated rings. The smallest absolute Gasteiger partial charge is 0.264 e. The lowest BCUT2D eigenvalue weighted by Crippen LogP contribution is -2.06. The molecule has 0 spiro atoms. The van der Waals surface area contributed by atoms with Gasteiger partial charge in [0.1, 0.15) is 6.07 Å². The summed E-state index contributed by atoms with van der Waals surface area (Å²) < 4.78 is 26.8. The molecule has 0 saturated heterocycles. The number of hydrogen-bond acceptors (Lipinski definition) is 5. The quantitative estimate of drug-likeness (QED) is 0.658. The highest BCUT2D eigenvalue weighted by Crippen LogP contribution is 2.25. The van der Waals surface area contributed by atoms with Crippen molar-refractivity contribution in [1.82, 2.24) is 4.98 Å². The van der Waals surface area contributed by atoms with Crippen LogP contribution in [-0.4, -0.2) is 26.3 Å². The van der Waals surface area contributed by atoms with Crippen molar-refractivity contribution in [3.8, 4) is 17.2 Å². The first-order valence-corrected chi connectivity index (χ1v) is 9.49. The van der Waals surface area contributed by atoms with Gasteiger partial charge in [0.2, 0.25) is 0 Å². The number of nitriles is 1. The fourth-order valence-electron chi connectivity index (χ4n) is 2.60. The first-order valence-electron chi connectivity index (χ1n) is 7.67. The Bertz CT molecular complexity index is 1070. The highest BCUT2D eigenvalue weighted by Gasteiger charge is 2.05. The van der Waals surface area contributed by atoms with Crippen molar-refractivity contribution in [2.75, 3.05) is 12.9 Å². The molecule has 1 aromatic heterocycles. The van der Waals surface area contributed by atoms with Gasteiger partial charge in [0.25, 0.3) is 10.1 Å². The van der Waals surface area contributed by atoms with Crippen LogP contribution in [0.1, 0.15) is 11.1 Å². The second-order valence-corrected chi connectivity index (χ2v) is 7.39. The van der Waals surface area contributed by atoms with Crippen LogP contribution < -0.4 is 0 Å². The molecular formula is C19H16N2O3S. The van der Waals surface area contributed by atoms with Crippen molar-refractivity contribution >= 4 is 20.9 Å². The van der Waals surface area contributed by atoms with E-state index >= 15 is 0 Å². The molecule has 126 valence electrons. The van der Waals surface area contributed by atoms with E-state index in [9.17, 15) is 8.42 Å². The highest BCUT2D eigenvalue weighted by atomic mass is 32.2. The van der Waals surface area contributed by atoms with Gasteiger partial charge in [-0.15, -0.1) is 0 Å². The van der Waals surface area contributed by atoms with Gasteiger partial charge in [0, 0.05) is 18.0 Å². The molecule has 0 aliphatic carbocycles. The van der Waals surface area contributed by atoms with Crippen LogP contribution in [0.2, 0.25) is 0 Å². The summed E-state index contributed by atoms with van der Waals surface area (Å²) in [7, 11) is -3.41. The molecule has 1 heterocycles. The van der Waals surface area contributed by atoms with Crippen LogP contribution >= 0.6 is 0 Å². The minimum absolute atomic E-state index is 0.134. The van der Waals surface area contributed by atoms with Gasteiger partial charge in [-0.3, -0.25) is 9.17 Å². The predicted octanol–water partition coefficient (Wildman–Crippen LogP) is 3.29. The van der Waals surface area contributed by atoms with Gasteiger partial charge in [0.15, 0.2) is 0 Å². The molecule has 0 aliphatic heterocycles. The zero-order chi connectivity index (χ0) is 17.9. The Balaban J connectivity index is 1.84. The number of fused-ring (bicyclic) bond motifs is 1. The van der Waals surface area contributed by atoms with E-state index in [1.54, 1.807) is 6.20 Å². The molecule has 0 unspecified atom stereocenters. The molecule has 0 atom stereocenters. The van der Waals surface area contributed by atoms with Gasteiger partial charge in [-0.05, 0) is 40.5 Å². The summed E-state index contributed by atoms with van der Waals surface area (Å²) >= 11 is 0. The van der Waals surface area contributed by atoms with Crippen molar-refractivity contribution in [3.63, 3.8) is 0 Å². The molecule has 3 aromatic rings. The van der Waals surface area contributed by atoms with Gasteiger partial charge in [-0.25, -0.2) is 0 Å². The monoisotopic (exact) mass is 352 g/mol. The van der Waals surface area contributed by atoms with Gasteiger partial charge in [0.05, 0.1) is 18.4 Å². The Morgan fingerprint density at radius 3 is 2.56 bits per heavy atom. The summed E-state index contributed by atoms with van der Waals surface area (Å²) in [6, 6.07) is 15.9. The summed E-state index contributed by atoms with van der Waals surface area (Å²) in [5.41, 5.74) is 3.42. The molecule has 5 nitrogen and oxygen atoms in total. The minimum atomic E-state index is -3.41. The van der Waals surface area contributed by atoms with Gasteiger partial charge < -0.3 is 0 Å². The minimum Gasteiger partial charge on any atom is -0.270 e. The van der Waals surface area contributed by atoms with Crippen LogP contribution in [-0.2, 0) is 20.7 Å². The van der Waals surface area contributed by atoms with Crippen molar-refractivity contribution < 1.29 is 12.6 Å². The lowest BCUT2D eigenvalue weighted by atomic mass is 9.99. The highest BCUT2D eigenvalue weighted by molar-refractivity contribution is 7.85. The Hall–Kier alpha value is -2.75. The SMILES string of the molecule is CS(=O)(=O)OCCc1ccc2cc(-c3cncc(C#N)c3)ccc2c1. The molecule has 0 radical (unpaired) electrons. The zero-order valence-corrected chi connectivity index (χ0v) is 14.5. The Morgan fingerprint density at radius 2 is 1.80 bits per heavy atom. The standard InChI is InChI=1S/C19H16N2O3S/c1-25(22,23)24-7-6-14-2-3-17-10-18(5-4-16(17)8-14)19-9-15(11-20)12-21-13-19/h2-5,8-10,12-13H,6-7H2,1H3. The predicted molar refractivity (Wildman–Crippen MR) is 96.4 cm³/mol. The summed E-state index contributed by atoms with van der Waals surface area (Å²) in [6.45, 7) is 0.134. The lowest BCUT2D eigenvalue weighted by Gasteiger charge is -2.07. The van der Waals surface area contributed by atoms with E-state index in [-0.39, 0.29) is 6.61 Å². The molecular weight excluding hydrogens is 336 g/mol. The van der Waals surface area contributed by atoms with E-state index in [0.29, 0.717) is 12.0 Å². The second-order valence-electron chi connectivity index (χ2n) is 5.75. The molecule has 3 rings (SSSR count). The van der Waals surface area contributed by atoms with Crippen molar-refractivity contribution in [2.24, 2.45) is 0 Å². The summed E-state index contributed by atoms with van der Waals surface area (Å²) in [6.07, 6.45) is 4.85. The Kier molecular flexibility index (Phi) is 4.79. The molecule has 2 aromatic carbocycles. The first-order chi connectivity index (χ1) is 11.9. The van der Waals surface area contributed by atoms with Gasteiger partial charge >= 0.3 is 0 Å². The van der Waals surface area contributed by atoms with Crippen LogP contribution in [0.4, 0.5) is 0 Å². The fourth-order valence-corrected chi connectivity index (χ4v) is 2.99. The number of rotatable bonds is 5. The summed E-state index contributed by atoms with van der Waals surface area (Å²) in [5, 5.41) is 11.1. The first kappa shape index (κ1) is 17.1. The van der Waals surface area contributed by atoms with Crippen molar-refractivity contribution in [2.45, 2.75) is 6.42 Å². The largest absolute Gasteiger partial charge is 0.270 e. The van der Waals surface area contributed by atoms with Gasteiger partial charge in [-0.2, -0.15) is 13.7 Å². The van der Waals surface area contributed by atoms with E-state index in [2.05, 4.69) is 11.1 Å². The molecule has 6 heteroatoms. The third kappa shape index (κ3) is 4.41. The van der Waals surface area contributed by atoms with Crippen LogP contribution in [0.3, 0.4) is 0 Å². The number of nitrogens with zero attached hydrogens (tertiary/aromatic N) is 2. The number of benzene rings is 2. The fraction of sp³-hybridized carbons (Fsp3) is 0.158. The molecule has 0 aliphatic rings.